The summed E-state index contributed by atoms with van der Waals surface area (Å²) in [6.45, 7) is 1.50. The van der Waals surface area contributed by atoms with Gasteiger partial charge in [0, 0.05) is 12.4 Å². The van der Waals surface area contributed by atoms with E-state index < -0.39 is 22.1 Å². The van der Waals surface area contributed by atoms with Crippen LogP contribution < -0.4 is 5.14 Å². The van der Waals surface area contributed by atoms with E-state index in [-0.39, 0.29) is 11.6 Å². The van der Waals surface area contributed by atoms with Gasteiger partial charge in [-0.3, -0.25) is 4.98 Å². The smallest absolute Gasteiger partial charge is 0.413 e. The summed E-state index contributed by atoms with van der Waals surface area (Å²) in [6.07, 6.45) is -1.79. The molecule has 0 aliphatic carbocycles. The average molecular weight is 324 g/mol. The van der Waals surface area contributed by atoms with Crippen molar-refractivity contribution in [3.05, 3.63) is 30.4 Å². The van der Waals surface area contributed by atoms with Crippen LogP contribution in [0.25, 0.3) is 11.5 Å². The van der Waals surface area contributed by atoms with Crippen LogP contribution in [0.5, 0.6) is 0 Å². The van der Waals surface area contributed by atoms with Crippen molar-refractivity contribution in [3.8, 4) is 11.5 Å². The molecule has 2 rings (SSSR count). The summed E-state index contributed by atoms with van der Waals surface area (Å²) >= 11 is 0. The van der Waals surface area contributed by atoms with Crippen LogP contribution in [-0.2, 0) is 16.2 Å². The summed E-state index contributed by atoms with van der Waals surface area (Å²) in [6, 6.07) is 3.09. The highest BCUT2D eigenvalue weighted by Gasteiger charge is 2.38. The molecule has 0 spiro atoms. The number of halogens is 3. The molecule has 0 aromatic carbocycles. The number of pyridine rings is 1. The van der Waals surface area contributed by atoms with Crippen LogP contribution >= 0.6 is 0 Å². The van der Waals surface area contributed by atoms with Gasteiger partial charge in [0.2, 0.25) is 15.9 Å². The van der Waals surface area contributed by atoms with Gasteiger partial charge in [-0.2, -0.15) is 13.2 Å². The molecular weight excluding hydrogens is 313 g/mol. The SMILES string of the molecule is CCS(N)(=O)=O.FC(F)(F)c1nnc(-c2cccnc2)o1. The number of nitrogens with zero attached hydrogens (tertiary/aromatic N) is 3. The summed E-state index contributed by atoms with van der Waals surface area (Å²) in [4.78, 5) is 3.72. The maximum atomic E-state index is 12.1. The molecule has 0 radical (unpaired) electrons. The van der Waals surface area contributed by atoms with Gasteiger partial charge < -0.3 is 4.42 Å². The van der Waals surface area contributed by atoms with Crippen molar-refractivity contribution in [2.75, 3.05) is 5.75 Å². The fourth-order valence-corrected chi connectivity index (χ4v) is 0.944. The Hall–Kier alpha value is -2.01. The van der Waals surface area contributed by atoms with Crippen molar-refractivity contribution in [2.45, 2.75) is 13.1 Å². The molecule has 0 aliphatic rings. The molecule has 0 unspecified atom stereocenters. The Bertz CT molecular complexity index is 670. The minimum atomic E-state index is -4.62. The Morgan fingerprint density at radius 1 is 1.33 bits per heavy atom. The fraction of sp³-hybridized carbons (Fsp3) is 0.300. The second kappa shape index (κ2) is 6.63. The number of hydrogen-bond donors (Lipinski definition) is 1. The third kappa shape index (κ3) is 5.87. The Morgan fingerprint density at radius 2 is 1.95 bits per heavy atom. The molecule has 0 bridgehead atoms. The van der Waals surface area contributed by atoms with Crippen LogP contribution in [0.4, 0.5) is 13.2 Å². The predicted molar refractivity (Wildman–Crippen MR) is 66.2 cm³/mol. The van der Waals surface area contributed by atoms with E-state index in [1.807, 2.05) is 0 Å². The van der Waals surface area contributed by atoms with E-state index in [2.05, 4.69) is 24.7 Å². The fourth-order valence-electron chi connectivity index (χ4n) is 0.944. The molecule has 0 aliphatic heterocycles. The number of nitrogens with two attached hydrogens (primary N) is 1. The highest BCUT2D eigenvalue weighted by Crippen LogP contribution is 2.29. The van der Waals surface area contributed by atoms with Gasteiger partial charge in [-0.15, -0.1) is 10.2 Å². The molecule has 2 heterocycles. The van der Waals surface area contributed by atoms with Crippen molar-refractivity contribution in [1.82, 2.24) is 15.2 Å². The van der Waals surface area contributed by atoms with E-state index in [4.69, 9.17) is 0 Å². The molecule has 2 N–H and O–H groups in total. The van der Waals surface area contributed by atoms with Gasteiger partial charge in [-0.1, -0.05) is 0 Å². The van der Waals surface area contributed by atoms with Crippen molar-refractivity contribution in [1.29, 1.82) is 0 Å². The second-order valence-electron chi connectivity index (χ2n) is 3.60. The summed E-state index contributed by atoms with van der Waals surface area (Å²) in [5, 5.41) is 10.7. The van der Waals surface area contributed by atoms with E-state index in [9.17, 15) is 21.6 Å². The van der Waals surface area contributed by atoms with Crippen molar-refractivity contribution in [2.24, 2.45) is 5.14 Å². The highest BCUT2D eigenvalue weighted by atomic mass is 32.2. The lowest BCUT2D eigenvalue weighted by Crippen LogP contribution is -2.13. The molecule has 0 fully saturated rings. The minimum absolute atomic E-state index is 0.0208. The van der Waals surface area contributed by atoms with E-state index in [1.165, 1.54) is 25.4 Å². The quantitative estimate of drug-likeness (QED) is 0.894. The molecule has 11 heteroatoms. The van der Waals surface area contributed by atoms with E-state index in [0.717, 1.165) is 0 Å². The van der Waals surface area contributed by atoms with Crippen LogP contribution in [0.2, 0.25) is 0 Å². The summed E-state index contributed by atoms with van der Waals surface area (Å²) in [7, 11) is -3.16. The zero-order valence-corrected chi connectivity index (χ0v) is 11.5. The predicted octanol–water partition coefficient (Wildman–Crippen LogP) is 1.45. The third-order valence-electron chi connectivity index (χ3n) is 1.98. The lowest BCUT2D eigenvalue weighted by atomic mass is 10.3. The van der Waals surface area contributed by atoms with Gasteiger partial charge >= 0.3 is 12.1 Å². The van der Waals surface area contributed by atoms with Crippen LogP contribution in [0.3, 0.4) is 0 Å². The average Bonchev–Trinajstić information content (AvgIpc) is 2.89. The molecule has 7 nitrogen and oxygen atoms in total. The molecule has 0 amide bonds. The number of aromatic nitrogens is 3. The number of primary sulfonamides is 1. The first-order valence-electron chi connectivity index (χ1n) is 5.45. The second-order valence-corrected chi connectivity index (χ2v) is 5.51. The number of sulfonamides is 1. The summed E-state index contributed by atoms with van der Waals surface area (Å²) in [5.41, 5.74) is 0.348. The van der Waals surface area contributed by atoms with E-state index in [0.29, 0.717) is 5.56 Å². The number of rotatable bonds is 2. The van der Waals surface area contributed by atoms with Gasteiger partial charge in [0.05, 0.1) is 11.3 Å². The van der Waals surface area contributed by atoms with E-state index >= 15 is 0 Å². The highest BCUT2D eigenvalue weighted by molar-refractivity contribution is 7.89. The van der Waals surface area contributed by atoms with Gasteiger partial charge in [0.25, 0.3) is 0 Å². The topological polar surface area (TPSA) is 112 Å². The first-order valence-corrected chi connectivity index (χ1v) is 7.16. The zero-order chi connectivity index (χ0) is 16.1. The zero-order valence-electron chi connectivity index (χ0n) is 10.7. The summed E-state index contributed by atoms with van der Waals surface area (Å²) in [5.74, 6) is -1.54. The normalized spacial score (nSPS) is 11.7. The largest absolute Gasteiger partial charge is 0.470 e. The molecule has 0 saturated carbocycles. The van der Waals surface area contributed by atoms with Gasteiger partial charge in [-0.05, 0) is 19.1 Å². The molecular formula is C10H11F3N4O3S. The van der Waals surface area contributed by atoms with Gasteiger partial charge in [-0.25, -0.2) is 13.6 Å². The Kier molecular flexibility index (Phi) is 5.38. The molecule has 21 heavy (non-hydrogen) atoms. The Morgan fingerprint density at radius 3 is 2.33 bits per heavy atom. The maximum absolute atomic E-state index is 12.1. The van der Waals surface area contributed by atoms with Crippen molar-refractivity contribution < 1.29 is 26.0 Å². The monoisotopic (exact) mass is 324 g/mol. The molecule has 0 atom stereocenters. The lowest BCUT2D eigenvalue weighted by molar-refractivity contribution is -0.156. The van der Waals surface area contributed by atoms with Gasteiger partial charge in [0.1, 0.15) is 0 Å². The van der Waals surface area contributed by atoms with Crippen LogP contribution in [0.1, 0.15) is 12.8 Å². The third-order valence-corrected chi connectivity index (χ3v) is 2.78. The number of alkyl halides is 3. The maximum Gasteiger partial charge on any atom is 0.470 e. The number of hydrogen-bond acceptors (Lipinski definition) is 6. The van der Waals surface area contributed by atoms with Crippen molar-refractivity contribution >= 4 is 10.0 Å². The van der Waals surface area contributed by atoms with Crippen LogP contribution in [-0.4, -0.2) is 29.4 Å². The Labute approximate surface area is 118 Å². The first-order chi connectivity index (χ1) is 9.63. The standard InChI is InChI=1S/C8H4F3N3O.C2H7NO2S/c9-8(10,11)7-14-13-6(15-7)5-2-1-3-12-4-5;1-2-6(3,4)5/h1-4H;2H2,1H3,(H2,3,4,5). The minimum Gasteiger partial charge on any atom is -0.413 e. The van der Waals surface area contributed by atoms with Crippen molar-refractivity contribution in [3.63, 3.8) is 0 Å². The molecule has 2 aromatic heterocycles. The van der Waals surface area contributed by atoms with E-state index in [1.54, 1.807) is 6.07 Å². The molecule has 2 aromatic rings. The molecule has 116 valence electrons. The lowest BCUT2D eigenvalue weighted by Gasteiger charge is -1.97. The Balaban J connectivity index is 0.000000315. The molecule has 0 saturated heterocycles. The van der Waals surface area contributed by atoms with Crippen LogP contribution in [0.15, 0.2) is 28.9 Å². The summed E-state index contributed by atoms with van der Waals surface area (Å²) < 4.78 is 60.3. The van der Waals surface area contributed by atoms with Gasteiger partial charge in [0.15, 0.2) is 0 Å². The van der Waals surface area contributed by atoms with Crippen LogP contribution in [0, 0.1) is 0 Å². The first kappa shape index (κ1) is 17.0.